The molecular formula is C13H10BrClN4O3. The van der Waals surface area contributed by atoms with Crippen LogP contribution in [-0.4, -0.2) is 28.7 Å². The van der Waals surface area contributed by atoms with Crippen LogP contribution in [0.1, 0.15) is 16.1 Å². The summed E-state index contributed by atoms with van der Waals surface area (Å²) < 4.78 is 12.6. The van der Waals surface area contributed by atoms with Crippen LogP contribution in [0, 0.1) is 0 Å². The number of aryl methyl sites for hydroxylation is 1. The van der Waals surface area contributed by atoms with Gasteiger partial charge in [-0.1, -0.05) is 11.6 Å². The Morgan fingerprint density at radius 1 is 1.50 bits per heavy atom. The van der Waals surface area contributed by atoms with Gasteiger partial charge >= 0.3 is 0 Å². The molecule has 2 heterocycles. The Bertz CT molecular complexity index is 775. The molecule has 22 heavy (non-hydrogen) atoms. The number of halogens is 2. The van der Waals surface area contributed by atoms with E-state index in [2.05, 4.69) is 31.6 Å². The van der Waals surface area contributed by atoms with Crippen LogP contribution < -0.4 is 14.9 Å². The van der Waals surface area contributed by atoms with Crippen molar-refractivity contribution in [3.63, 3.8) is 0 Å². The van der Waals surface area contributed by atoms with Gasteiger partial charge in [-0.3, -0.25) is 9.48 Å². The van der Waals surface area contributed by atoms with Crippen molar-refractivity contribution in [2.24, 2.45) is 12.1 Å². The summed E-state index contributed by atoms with van der Waals surface area (Å²) in [4.78, 5) is 11.9. The first-order valence-electron chi connectivity index (χ1n) is 6.16. The average molecular weight is 386 g/mol. The van der Waals surface area contributed by atoms with Crippen LogP contribution in [0.4, 0.5) is 0 Å². The summed E-state index contributed by atoms with van der Waals surface area (Å²) in [7, 11) is 1.72. The Morgan fingerprint density at radius 3 is 2.91 bits per heavy atom. The third-order valence-corrected chi connectivity index (χ3v) is 3.77. The van der Waals surface area contributed by atoms with Gasteiger partial charge < -0.3 is 9.47 Å². The molecule has 1 N–H and O–H groups in total. The summed E-state index contributed by atoms with van der Waals surface area (Å²) >= 11 is 9.36. The number of fused-ring (bicyclic) bond motifs is 1. The van der Waals surface area contributed by atoms with E-state index in [9.17, 15) is 4.79 Å². The van der Waals surface area contributed by atoms with Gasteiger partial charge in [-0.05, 0) is 22.0 Å². The zero-order valence-electron chi connectivity index (χ0n) is 11.3. The minimum Gasteiger partial charge on any atom is -0.454 e. The molecule has 7 nitrogen and oxygen atoms in total. The Balaban J connectivity index is 1.72. The molecule has 0 spiro atoms. The predicted octanol–water partition coefficient (Wildman–Crippen LogP) is 2.33. The number of hydrogen-bond donors (Lipinski definition) is 1. The van der Waals surface area contributed by atoms with Crippen LogP contribution in [0.15, 0.2) is 27.9 Å². The molecule has 0 saturated heterocycles. The Morgan fingerprint density at radius 2 is 2.23 bits per heavy atom. The molecule has 2 aromatic rings. The van der Waals surface area contributed by atoms with Crippen molar-refractivity contribution in [3.05, 3.63) is 39.1 Å². The first kappa shape index (κ1) is 14.9. The number of ether oxygens (including phenoxy) is 2. The van der Waals surface area contributed by atoms with E-state index in [1.54, 1.807) is 25.4 Å². The van der Waals surface area contributed by atoms with Crippen LogP contribution in [0.25, 0.3) is 0 Å². The van der Waals surface area contributed by atoms with Crippen LogP contribution in [-0.2, 0) is 7.05 Å². The van der Waals surface area contributed by atoms with E-state index < -0.39 is 5.91 Å². The van der Waals surface area contributed by atoms with Crippen molar-refractivity contribution >= 4 is 39.7 Å². The summed E-state index contributed by atoms with van der Waals surface area (Å²) in [5.74, 6) is 0.744. The van der Waals surface area contributed by atoms with Gasteiger partial charge in [-0.25, -0.2) is 5.43 Å². The van der Waals surface area contributed by atoms with E-state index in [0.29, 0.717) is 26.6 Å². The molecule has 1 aromatic heterocycles. The number of nitrogens with one attached hydrogen (secondary N) is 1. The Labute approximate surface area is 139 Å². The molecule has 1 aromatic carbocycles. The van der Waals surface area contributed by atoms with Gasteiger partial charge in [0.05, 0.1) is 15.7 Å². The molecule has 1 aliphatic rings. The maximum absolute atomic E-state index is 11.9. The van der Waals surface area contributed by atoms with E-state index >= 15 is 0 Å². The second kappa shape index (κ2) is 5.98. The molecule has 0 bridgehead atoms. The second-order valence-corrected chi connectivity index (χ2v) is 5.69. The van der Waals surface area contributed by atoms with Crippen molar-refractivity contribution in [3.8, 4) is 11.5 Å². The number of benzene rings is 1. The average Bonchev–Trinajstić information content (AvgIpc) is 3.04. The topological polar surface area (TPSA) is 77.7 Å². The van der Waals surface area contributed by atoms with E-state index in [1.807, 2.05) is 0 Å². The van der Waals surface area contributed by atoms with Gasteiger partial charge in [0.1, 0.15) is 0 Å². The number of amides is 1. The summed E-state index contributed by atoms with van der Waals surface area (Å²) in [6, 6.07) is 3.33. The van der Waals surface area contributed by atoms with Gasteiger partial charge in [0.15, 0.2) is 17.2 Å². The van der Waals surface area contributed by atoms with Crippen molar-refractivity contribution in [2.45, 2.75) is 0 Å². The highest BCUT2D eigenvalue weighted by Gasteiger charge is 2.16. The standard InChI is InChI=1S/C13H10BrClN4O3/c1-19-5-8(14)12(18-19)13(20)17-16-4-7-2-10-11(3-9(7)15)22-6-21-10/h2-5H,6H2,1H3,(H,17,20)/b16-4-. The molecule has 0 aliphatic carbocycles. The van der Waals surface area contributed by atoms with E-state index in [1.165, 1.54) is 10.9 Å². The number of aromatic nitrogens is 2. The fraction of sp³-hybridized carbons (Fsp3) is 0.154. The van der Waals surface area contributed by atoms with Gasteiger partial charge in [-0.2, -0.15) is 10.2 Å². The maximum Gasteiger partial charge on any atom is 0.293 e. The molecule has 0 radical (unpaired) electrons. The van der Waals surface area contributed by atoms with Gasteiger partial charge in [0.25, 0.3) is 5.91 Å². The maximum atomic E-state index is 11.9. The summed E-state index contributed by atoms with van der Waals surface area (Å²) in [5, 5.41) is 8.35. The lowest BCUT2D eigenvalue weighted by Gasteiger charge is -2.01. The largest absolute Gasteiger partial charge is 0.454 e. The molecule has 3 rings (SSSR count). The van der Waals surface area contributed by atoms with Crippen molar-refractivity contribution in [1.29, 1.82) is 0 Å². The molecule has 9 heteroatoms. The van der Waals surface area contributed by atoms with Crippen molar-refractivity contribution in [1.82, 2.24) is 15.2 Å². The van der Waals surface area contributed by atoms with Gasteiger partial charge in [0, 0.05) is 24.9 Å². The molecule has 114 valence electrons. The summed E-state index contributed by atoms with van der Waals surface area (Å²) in [6.07, 6.45) is 3.10. The van der Waals surface area contributed by atoms with Crippen molar-refractivity contribution in [2.75, 3.05) is 6.79 Å². The second-order valence-electron chi connectivity index (χ2n) is 4.43. The molecular weight excluding hydrogens is 376 g/mol. The highest BCUT2D eigenvalue weighted by atomic mass is 79.9. The van der Waals surface area contributed by atoms with Crippen LogP contribution in [0.5, 0.6) is 11.5 Å². The lowest BCUT2D eigenvalue weighted by atomic mass is 10.2. The summed E-state index contributed by atoms with van der Waals surface area (Å²) in [6.45, 7) is 0.163. The lowest BCUT2D eigenvalue weighted by Crippen LogP contribution is -2.19. The molecule has 1 amide bonds. The Hall–Kier alpha value is -2.06. The molecule has 1 aliphatic heterocycles. The monoisotopic (exact) mass is 384 g/mol. The molecule has 0 unspecified atom stereocenters. The Kier molecular flexibility index (Phi) is 4.04. The lowest BCUT2D eigenvalue weighted by molar-refractivity contribution is 0.0948. The number of carbonyl (C=O) groups excluding carboxylic acids is 1. The van der Waals surface area contributed by atoms with Crippen molar-refractivity contribution < 1.29 is 14.3 Å². The van der Waals surface area contributed by atoms with Crippen LogP contribution in [0.3, 0.4) is 0 Å². The first-order chi connectivity index (χ1) is 10.5. The number of carbonyl (C=O) groups is 1. The molecule has 0 fully saturated rings. The third kappa shape index (κ3) is 2.93. The smallest absolute Gasteiger partial charge is 0.293 e. The fourth-order valence-electron chi connectivity index (χ4n) is 1.86. The quantitative estimate of drug-likeness (QED) is 0.650. The minimum absolute atomic E-state index is 0.163. The third-order valence-electron chi connectivity index (χ3n) is 2.86. The van der Waals surface area contributed by atoms with Crippen LogP contribution >= 0.6 is 27.5 Å². The van der Waals surface area contributed by atoms with E-state index in [4.69, 9.17) is 21.1 Å². The van der Waals surface area contributed by atoms with Gasteiger partial charge in [-0.15, -0.1) is 0 Å². The highest BCUT2D eigenvalue weighted by molar-refractivity contribution is 9.10. The van der Waals surface area contributed by atoms with E-state index in [0.717, 1.165) is 0 Å². The fourth-order valence-corrected chi connectivity index (χ4v) is 2.62. The highest BCUT2D eigenvalue weighted by Crippen LogP contribution is 2.36. The van der Waals surface area contributed by atoms with Gasteiger partial charge in [0.2, 0.25) is 6.79 Å². The molecule has 0 atom stereocenters. The number of hydrogen-bond acceptors (Lipinski definition) is 5. The summed E-state index contributed by atoms with van der Waals surface area (Å²) in [5.41, 5.74) is 3.24. The zero-order valence-corrected chi connectivity index (χ0v) is 13.7. The van der Waals surface area contributed by atoms with E-state index in [-0.39, 0.29) is 12.5 Å². The van der Waals surface area contributed by atoms with Crippen LogP contribution in [0.2, 0.25) is 5.02 Å². The molecule has 0 saturated carbocycles. The SMILES string of the molecule is Cn1cc(Br)c(C(=O)N/N=C\c2cc3c(cc2Cl)OCO3)n1. The minimum atomic E-state index is -0.430. The number of hydrazone groups is 1. The number of rotatable bonds is 3. The zero-order chi connectivity index (χ0) is 15.7. The normalized spacial score (nSPS) is 12.9. The predicted molar refractivity (Wildman–Crippen MR) is 83.5 cm³/mol. The first-order valence-corrected chi connectivity index (χ1v) is 7.33. The number of nitrogens with zero attached hydrogens (tertiary/aromatic N) is 3.